The number of pyridine rings is 1. The third-order valence-corrected chi connectivity index (χ3v) is 4.02. The third-order valence-electron chi connectivity index (χ3n) is 4.02. The van der Waals surface area contributed by atoms with Crippen molar-refractivity contribution in [3.63, 3.8) is 0 Å². The zero-order valence-corrected chi connectivity index (χ0v) is 12.5. The maximum atomic E-state index is 5.71. The Labute approximate surface area is 126 Å². The van der Waals surface area contributed by atoms with E-state index in [0.717, 1.165) is 37.6 Å². The van der Waals surface area contributed by atoms with Gasteiger partial charge in [-0.2, -0.15) is 0 Å². The quantitative estimate of drug-likeness (QED) is 0.937. The van der Waals surface area contributed by atoms with Gasteiger partial charge in [-0.15, -0.1) is 0 Å². The Bertz CT molecular complexity index is 603. The molecular formula is C17H22N4. The Morgan fingerprint density at radius 3 is 2.52 bits per heavy atom. The van der Waals surface area contributed by atoms with Crippen molar-refractivity contribution in [2.75, 3.05) is 36.0 Å². The summed E-state index contributed by atoms with van der Waals surface area (Å²) in [5, 5.41) is 0. The summed E-state index contributed by atoms with van der Waals surface area (Å²) in [5.74, 6) is 1.04. The van der Waals surface area contributed by atoms with Crippen LogP contribution in [0.1, 0.15) is 11.1 Å². The molecule has 4 heteroatoms. The van der Waals surface area contributed by atoms with E-state index in [1.165, 1.54) is 11.3 Å². The first kappa shape index (κ1) is 13.9. The zero-order chi connectivity index (χ0) is 14.7. The lowest BCUT2D eigenvalue weighted by Crippen LogP contribution is -2.46. The van der Waals surface area contributed by atoms with Gasteiger partial charge in [-0.1, -0.05) is 12.1 Å². The molecule has 110 valence electrons. The number of rotatable bonds is 3. The van der Waals surface area contributed by atoms with Crippen molar-refractivity contribution in [2.24, 2.45) is 5.73 Å². The highest BCUT2D eigenvalue weighted by atomic mass is 15.3. The third kappa shape index (κ3) is 3.16. The van der Waals surface area contributed by atoms with E-state index in [9.17, 15) is 0 Å². The largest absolute Gasteiger partial charge is 0.368 e. The van der Waals surface area contributed by atoms with Crippen LogP contribution in [0.25, 0.3) is 0 Å². The lowest BCUT2D eigenvalue weighted by atomic mass is 10.2. The molecule has 0 atom stereocenters. The van der Waals surface area contributed by atoms with Gasteiger partial charge >= 0.3 is 0 Å². The fourth-order valence-electron chi connectivity index (χ4n) is 2.78. The van der Waals surface area contributed by atoms with Gasteiger partial charge in [-0.25, -0.2) is 4.98 Å². The number of hydrogen-bond acceptors (Lipinski definition) is 4. The predicted octanol–water partition coefficient (Wildman–Crippen LogP) is 2.18. The first-order chi connectivity index (χ1) is 10.3. The first-order valence-corrected chi connectivity index (χ1v) is 7.48. The minimum atomic E-state index is 0.568. The van der Waals surface area contributed by atoms with Crippen molar-refractivity contribution in [1.29, 1.82) is 0 Å². The Balaban J connectivity index is 1.67. The Morgan fingerprint density at radius 1 is 1.05 bits per heavy atom. The Hall–Kier alpha value is -2.07. The summed E-state index contributed by atoms with van der Waals surface area (Å²) in [6, 6.07) is 12.8. The van der Waals surface area contributed by atoms with E-state index < -0.39 is 0 Å². The van der Waals surface area contributed by atoms with Crippen LogP contribution in [0.2, 0.25) is 0 Å². The SMILES string of the molecule is Cc1cccc(N2CCN(c3cc(CN)ccn3)CC2)c1. The molecule has 0 amide bonds. The molecule has 1 aromatic heterocycles. The second-order valence-corrected chi connectivity index (χ2v) is 5.54. The fraction of sp³-hybridized carbons (Fsp3) is 0.353. The molecule has 0 saturated carbocycles. The molecule has 1 saturated heterocycles. The van der Waals surface area contributed by atoms with Crippen LogP contribution in [-0.2, 0) is 6.54 Å². The van der Waals surface area contributed by atoms with Gasteiger partial charge < -0.3 is 15.5 Å². The zero-order valence-electron chi connectivity index (χ0n) is 12.5. The van der Waals surface area contributed by atoms with Crippen molar-refractivity contribution >= 4 is 11.5 Å². The highest BCUT2D eigenvalue weighted by molar-refractivity contribution is 5.51. The van der Waals surface area contributed by atoms with E-state index >= 15 is 0 Å². The van der Waals surface area contributed by atoms with Crippen molar-refractivity contribution in [2.45, 2.75) is 13.5 Å². The van der Waals surface area contributed by atoms with E-state index in [1.54, 1.807) is 0 Å². The summed E-state index contributed by atoms with van der Waals surface area (Å²) < 4.78 is 0. The van der Waals surface area contributed by atoms with E-state index in [0.29, 0.717) is 6.54 Å². The molecule has 21 heavy (non-hydrogen) atoms. The minimum Gasteiger partial charge on any atom is -0.368 e. The standard InChI is InChI=1S/C17H22N4/c1-14-3-2-4-16(11-14)20-7-9-21(10-8-20)17-12-15(13-18)5-6-19-17/h2-6,11-12H,7-10,13,18H2,1H3. The molecule has 0 unspecified atom stereocenters. The van der Waals surface area contributed by atoms with Gasteiger partial charge in [0, 0.05) is 44.6 Å². The summed E-state index contributed by atoms with van der Waals surface area (Å²) in [7, 11) is 0. The van der Waals surface area contributed by atoms with Crippen LogP contribution >= 0.6 is 0 Å². The normalized spacial score (nSPS) is 15.3. The van der Waals surface area contributed by atoms with Crippen LogP contribution in [-0.4, -0.2) is 31.2 Å². The number of anilines is 2. The molecule has 2 N–H and O–H groups in total. The van der Waals surface area contributed by atoms with Crippen LogP contribution in [0.4, 0.5) is 11.5 Å². The molecule has 1 aliphatic heterocycles. The highest BCUT2D eigenvalue weighted by Crippen LogP contribution is 2.20. The molecule has 1 fully saturated rings. The van der Waals surface area contributed by atoms with Gasteiger partial charge in [0.1, 0.15) is 5.82 Å². The number of piperazine rings is 1. The summed E-state index contributed by atoms with van der Waals surface area (Å²) >= 11 is 0. The van der Waals surface area contributed by atoms with Crippen LogP contribution in [0.3, 0.4) is 0 Å². The predicted molar refractivity (Wildman–Crippen MR) is 87.7 cm³/mol. The van der Waals surface area contributed by atoms with Crippen molar-refractivity contribution in [3.8, 4) is 0 Å². The molecule has 2 heterocycles. The van der Waals surface area contributed by atoms with Gasteiger partial charge in [-0.3, -0.25) is 0 Å². The van der Waals surface area contributed by atoms with E-state index in [4.69, 9.17) is 5.73 Å². The van der Waals surface area contributed by atoms with Crippen molar-refractivity contribution in [1.82, 2.24) is 4.98 Å². The summed E-state index contributed by atoms with van der Waals surface area (Å²) in [6.45, 7) is 6.75. The number of aryl methyl sites for hydroxylation is 1. The molecule has 0 aliphatic carbocycles. The highest BCUT2D eigenvalue weighted by Gasteiger charge is 2.18. The van der Waals surface area contributed by atoms with Crippen LogP contribution in [0, 0.1) is 6.92 Å². The smallest absolute Gasteiger partial charge is 0.128 e. The monoisotopic (exact) mass is 282 g/mol. The molecule has 1 aliphatic rings. The van der Waals surface area contributed by atoms with Gasteiger partial charge in [-0.05, 0) is 42.3 Å². The van der Waals surface area contributed by atoms with Crippen molar-refractivity contribution < 1.29 is 0 Å². The molecule has 0 spiro atoms. The van der Waals surface area contributed by atoms with Crippen LogP contribution < -0.4 is 15.5 Å². The maximum absolute atomic E-state index is 5.71. The Kier molecular flexibility index (Phi) is 4.06. The number of nitrogens with two attached hydrogens (primary N) is 1. The average molecular weight is 282 g/mol. The maximum Gasteiger partial charge on any atom is 0.128 e. The van der Waals surface area contributed by atoms with E-state index in [2.05, 4.69) is 52.0 Å². The van der Waals surface area contributed by atoms with Gasteiger partial charge in [0.15, 0.2) is 0 Å². The fourth-order valence-corrected chi connectivity index (χ4v) is 2.78. The molecule has 0 bridgehead atoms. The van der Waals surface area contributed by atoms with E-state index in [1.807, 2.05) is 12.3 Å². The number of aromatic nitrogens is 1. The van der Waals surface area contributed by atoms with Gasteiger partial charge in [0.2, 0.25) is 0 Å². The molecule has 0 radical (unpaired) electrons. The Morgan fingerprint density at radius 2 is 1.81 bits per heavy atom. The summed E-state index contributed by atoms with van der Waals surface area (Å²) in [4.78, 5) is 9.25. The number of hydrogen-bond donors (Lipinski definition) is 1. The van der Waals surface area contributed by atoms with Gasteiger partial charge in [0.25, 0.3) is 0 Å². The van der Waals surface area contributed by atoms with Crippen molar-refractivity contribution in [3.05, 3.63) is 53.7 Å². The van der Waals surface area contributed by atoms with Crippen LogP contribution in [0.15, 0.2) is 42.6 Å². The van der Waals surface area contributed by atoms with Gasteiger partial charge in [0.05, 0.1) is 0 Å². The lowest BCUT2D eigenvalue weighted by molar-refractivity contribution is 0.647. The molecule has 2 aromatic rings. The minimum absolute atomic E-state index is 0.568. The molecule has 4 nitrogen and oxygen atoms in total. The first-order valence-electron chi connectivity index (χ1n) is 7.48. The summed E-state index contributed by atoms with van der Waals surface area (Å²) in [6.07, 6.45) is 1.85. The number of nitrogens with zero attached hydrogens (tertiary/aromatic N) is 3. The summed E-state index contributed by atoms with van der Waals surface area (Å²) in [5.41, 5.74) is 9.48. The molecular weight excluding hydrogens is 260 g/mol. The number of benzene rings is 1. The van der Waals surface area contributed by atoms with Crippen LogP contribution in [0.5, 0.6) is 0 Å². The second-order valence-electron chi connectivity index (χ2n) is 5.54. The lowest BCUT2D eigenvalue weighted by Gasteiger charge is -2.37. The molecule has 1 aromatic carbocycles. The topological polar surface area (TPSA) is 45.4 Å². The molecule has 3 rings (SSSR count). The van der Waals surface area contributed by atoms with E-state index in [-0.39, 0.29) is 0 Å². The second kappa shape index (κ2) is 6.14. The average Bonchev–Trinajstić information content (AvgIpc) is 2.55.